The molecule has 3 heteroatoms. The fraction of sp³-hybridized carbons (Fsp3) is 0.455. The van der Waals surface area contributed by atoms with Gasteiger partial charge in [-0.2, -0.15) is 0 Å². The molecule has 2 nitrogen and oxygen atoms in total. The van der Waals surface area contributed by atoms with Crippen molar-refractivity contribution < 1.29 is 4.79 Å². The van der Waals surface area contributed by atoms with Gasteiger partial charge < -0.3 is 0 Å². The quantitative estimate of drug-likeness (QED) is 0.666. The first-order valence-corrected chi connectivity index (χ1v) is 5.25. The van der Waals surface area contributed by atoms with Crippen molar-refractivity contribution in [1.29, 1.82) is 0 Å². The van der Waals surface area contributed by atoms with Gasteiger partial charge in [0.2, 0.25) is 0 Å². The molecule has 0 radical (unpaired) electrons. The van der Waals surface area contributed by atoms with E-state index in [2.05, 4.69) is 4.98 Å². The Morgan fingerprint density at radius 2 is 2.14 bits per heavy atom. The molecule has 0 bridgehead atoms. The van der Waals surface area contributed by atoms with E-state index < -0.39 is 0 Å². The van der Waals surface area contributed by atoms with Crippen LogP contribution >= 0.6 is 11.6 Å². The van der Waals surface area contributed by atoms with Gasteiger partial charge in [-0.05, 0) is 38.2 Å². The Bertz CT molecular complexity index is 387. The third kappa shape index (κ3) is 1.55. The van der Waals surface area contributed by atoms with Crippen LogP contribution in [0.15, 0.2) is 6.20 Å². The molecular weight excluding hydrogens is 198 g/mol. The van der Waals surface area contributed by atoms with E-state index in [-0.39, 0.29) is 5.78 Å². The summed E-state index contributed by atoms with van der Waals surface area (Å²) >= 11 is 6.16. The number of carbonyl (C=O) groups is 1. The first-order chi connectivity index (χ1) is 6.70. The van der Waals surface area contributed by atoms with Crippen molar-refractivity contribution in [3.05, 3.63) is 28.0 Å². The van der Waals surface area contributed by atoms with Crippen molar-refractivity contribution in [1.82, 2.24) is 4.98 Å². The molecule has 74 valence electrons. The van der Waals surface area contributed by atoms with Gasteiger partial charge in [0, 0.05) is 11.9 Å². The molecule has 0 amide bonds. The number of Topliss-reactive ketones (excluding diaryl/α,β-unsaturated/α-hetero) is 1. The van der Waals surface area contributed by atoms with Gasteiger partial charge in [0.05, 0.1) is 10.6 Å². The molecular formula is C11H12ClNO. The molecule has 14 heavy (non-hydrogen) atoms. The first-order valence-electron chi connectivity index (χ1n) is 4.87. The maximum atomic E-state index is 11.2. The molecule has 1 aromatic rings. The largest absolute Gasteiger partial charge is 0.294 e. The first kappa shape index (κ1) is 9.66. The van der Waals surface area contributed by atoms with Crippen LogP contribution in [0.1, 0.15) is 41.4 Å². The van der Waals surface area contributed by atoms with Crippen LogP contribution in [-0.4, -0.2) is 10.8 Å². The second-order valence-electron chi connectivity index (χ2n) is 3.67. The number of nitrogens with zero attached hydrogens (tertiary/aromatic N) is 1. The summed E-state index contributed by atoms with van der Waals surface area (Å²) in [4.78, 5) is 15.5. The molecule has 0 aliphatic heterocycles. The fourth-order valence-corrected chi connectivity index (χ4v) is 2.26. The highest BCUT2D eigenvalue weighted by atomic mass is 35.5. The van der Waals surface area contributed by atoms with Crippen LogP contribution in [0.2, 0.25) is 5.02 Å². The topological polar surface area (TPSA) is 30.0 Å². The van der Waals surface area contributed by atoms with E-state index in [9.17, 15) is 4.79 Å². The van der Waals surface area contributed by atoms with Crippen molar-refractivity contribution in [3.8, 4) is 0 Å². The number of pyridine rings is 1. The highest BCUT2D eigenvalue weighted by molar-refractivity contribution is 6.34. The van der Waals surface area contributed by atoms with Crippen molar-refractivity contribution in [2.24, 2.45) is 0 Å². The minimum atomic E-state index is -0.00382. The van der Waals surface area contributed by atoms with Gasteiger partial charge in [0.25, 0.3) is 0 Å². The number of hydrogen-bond donors (Lipinski definition) is 0. The van der Waals surface area contributed by atoms with Gasteiger partial charge in [-0.3, -0.25) is 9.78 Å². The highest BCUT2D eigenvalue weighted by Crippen LogP contribution is 2.29. The van der Waals surface area contributed by atoms with E-state index in [4.69, 9.17) is 11.6 Å². The van der Waals surface area contributed by atoms with Crippen LogP contribution in [0.3, 0.4) is 0 Å². The summed E-state index contributed by atoms with van der Waals surface area (Å²) in [5, 5.41) is 0.627. The molecule has 0 unspecified atom stereocenters. The lowest BCUT2D eigenvalue weighted by Gasteiger charge is -2.16. The zero-order chi connectivity index (χ0) is 10.1. The van der Waals surface area contributed by atoms with E-state index in [0.29, 0.717) is 10.6 Å². The Balaban J connectivity index is 2.54. The molecule has 1 aromatic heterocycles. The number of fused-ring (bicyclic) bond motifs is 1. The van der Waals surface area contributed by atoms with Crippen molar-refractivity contribution in [2.45, 2.75) is 32.6 Å². The predicted molar refractivity (Wildman–Crippen MR) is 55.9 cm³/mol. The number of aryl methyl sites for hydroxylation is 1. The van der Waals surface area contributed by atoms with Crippen LogP contribution in [0.4, 0.5) is 0 Å². The van der Waals surface area contributed by atoms with Crippen molar-refractivity contribution in [3.63, 3.8) is 0 Å². The lowest BCUT2D eigenvalue weighted by molar-refractivity contribution is 0.101. The Hall–Kier alpha value is -0.890. The number of rotatable bonds is 1. The summed E-state index contributed by atoms with van der Waals surface area (Å²) in [5.41, 5.74) is 2.73. The van der Waals surface area contributed by atoms with Crippen LogP contribution in [-0.2, 0) is 12.8 Å². The maximum absolute atomic E-state index is 11.2. The molecule has 1 heterocycles. The van der Waals surface area contributed by atoms with E-state index in [0.717, 1.165) is 30.5 Å². The van der Waals surface area contributed by atoms with Crippen molar-refractivity contribution >= 4 is 17.4 Å². The second kappa shape index (κ2) is 3.70. The minimum absolute atomic E-state index is 0.00382. The Labute approximate surface area is 88.3 Å². The summed E-state index contributed by atoms with van der Waals surface area (Å²) in [6, 6.07) is 0. The summed E-state index contributed by atoms with van der Waals surface area (Å²) in [5.74, 6) is -0.00382. The van der Waals surface area contributed by atoms with Crippen LogP contribution in [0, 0.1) is 0 Å². The molecule has 0 saturated carbocycles. The number of carbonyl (C=O) groups excluding carboxylic acids is 1. The molecule has 0 fully saturated rings. The average molecular weight is 210 g/mol. The highest BCUT2D eigenvalue weighted by Gasteiger charge is 2.17. The molecule has 1 aliphatic rings. The van der Waals surface area contributed by atoms with Gasteiger partial charge in [0.15, 0.2) is 5.78 Å². The zero-order valence-corrected chi connectivity index (χ0v) is 8.90. The SMILES string of the molecule is CC(=O)c1cnc2c(c1Cl)CCCC2. The van der Waals surface area contributed by atoms with Gasteiger partial charge in [-0.15, -0.1) is 0 Å². The lowest BCUT2D eigenvalue weighted by Crippen LogP contribution is -2.09. The Kier molecular flexibility index (Phi) is 2.55. The molecule has 0 spiro atoms. The van der Waals surface area contributed by atoms with Gasteiger partial charge in [-0.25, -0.2) is 0 Å². The zero-order valence-electron chi connectivity index (χ0n) is 8.14. The third-order valence-electron chi connectivity index (χ3n) is 2.67. The van der Waals surface area contributed by atoms with Gasteiger partial charge >= 0.3 is 0 Å². The number of hydrogen-bond acceptors (Lipinski definition) is 2. The minimum Gasteiger partial charge on any atom is -0.294 e. The summed E-state index contributed by atoms with van der Waals surface area (Å²) in [7, 11) is 0. The average Bonchev–Trinajstić information content (AvgIpc) is 2.18. The van der Waals surface area contributed by atoms with E-state index >= 15 is 0 Å². The van der Waals surface area contributed by atoms with Crippen LogP contribution in [0.5, 0.6) is 0 Å². The molecule has 0 atom stereocenters. The van der Waals surface area contributed by atoms with Crippen molar-refractivity contribution in [2.75, 3.05) is 0 Å². The molecule has 0 saturated heterocycles. The molecule has 1 aliphatic carbocycles. The predicted octanol–water partition coefficient (Wildman–Crippen LogP) is 2.82. The van der Waals surface area contributed by atoms with Gasteiger partial charge in [0.1, 0.15) is 0 Å². The monoisotopic (exact) mass is 209 g/mol. The molecule has 2 rings (SSSR count). The normalized spacial score (nSPS) is 15.0. The Morgan fingerprint density at radius 3 is 2.86 bits per heavy atom. The van der Waals surface area contributed by atoms with E-state index in [1.165, 1.54) is 13.3 Å². The summed E-state index contributed by atoms with van der Waals surface area (Å²) in [6.07, 6.45) is 5.88. The van der Waals surface area contributed by atoms with E-state index in [1.54, 1.807) is 6.20 Å². The van der Waals surface area contributed by atoms with Gasteiger partial charge in [-0.1, -0.05) is 11.6 Å². The fourth-order valence-electron chi connectivity index (χ4n) is 1.88. The van der Waals surface area contributed by atoms with E-state index in [1.807, 2.05) is 0 Å². The Morgan fingerprint density at radius 1 is 1.43 bits per heavy atom. The third-order valence-corrected chi connectivity index (χ3v) is 3.10. The van der Waals surface area contributed by atoms with Crippen LogP contribution < -0.4 is 0 Å². The second-order valence-corrected chi connectivity index (χ2v) is 4.05. The summed E-state index contributed by atoms with van der Waals surface area (Å²) < 4.78 is 0. The maximum Gasteiger partial charge on any atom is 0.162 e. The molecule has 0 N–H and O–H groups in total. The number of aromatic nitrogens is 1. The summed E-state index contributed by atoms with van der Waals surface area (Å²) in [6.45, 7) is 1.53. The molecule has 0 aromatic carbocycles. The lowest BCUT2D eigenvalue weighted by atomic mass is 9.94. The number of ketones is 1. The standard InChI is InChI=1S/C11H12ClNO/c1-7(14)9-6-13-10-5-3-2-4-8(10)11(9)12/h6H,2-5H2,1H3. The smallest absolute Gasteiger partial charge is 0.162 e. The number of halogens is 1. The van der Waals surface area contributed by atoms with Crippen LogP contribution in [0.25, 0.3) is 0 Å².